The maximum Gasteiger partial charge on any atom is 0.329 e. The molecule has 108 valence electrons. The monoisotopic (exact) mass is 276 g/mol. The largest absolute Gasteiger partial charge is 0.480 e. The smallest absolute Gasteiger partial charge is 0.329 e. The fourth-order valence-electron chi connectivity index (χ4n) is 2.34. The SMILES string of the molecule is CN(C(=O)CC1CNc2ccccc21)C(C)(C)C(=O)O. The van der Waals surface area contributed by atoms with Gasteiger partial charge in [-0.3, -0.25) is 4.79 Å². The van der Waals surface area contributed by atoms with Crippen LogP contribution in [-0.2, 0) is 9.59 Å². The normalized spacial score (nSPS) is 17.2. The molecule has 1 heterocycles. The van der Waals surface area contributed by atoms with Gasteiger partial charge < -0.3 is 15.3 Å². The van der Waals surface area contributed by atoms with E-state index in [9.17, 15) is 14.7 Å². The van der Waals surface area contributed by atoms with Crippen LogP contribution in [0.5, 0.6) is 0 Å². The van der Waals surface area contributed by atoms with Crippen molar-refractivity contribution in [2.45, 2.75) is 31.7 Å². The molecule has 20 heavy (non-hydrogen) atoms. The van der Waals surface area contributed by atoms with E-state index < -0.39 is 11.5 Å². The lowest BCUT2D eigenvalue weighted by Gasteiger charge is -2.32. The van der Waals surface area contributed by atoms with Crippen molar-refractivity contribution in [1.29, 1.82) is 0 Å². The quantitative estimate of drug-likeness (QED) is 0.881. The maximum absolute atomic E-state index is 12.3. The molecule has 5 heteroatoms. The summed E-state index contributed by atoms with van der Waals surface area (Å²) in [5, 5.41) is 12.4. The number of carbonyl (C=O) groups excluding carboxylic acids is 1. The second kappa shape index (κ2) is 5.15. The molecule has 0 aromatic heterocycles. The molecule has 2 rings (SSSR count). The predicted octanol–water partition coefficient (Wildman–Crippen LogP) is 1.91. The number of likely N-dealkylation sites (N-methyl/N-ethyl adjacent to an activating group) is 1. The third-order valence-electron chi connectivity index (χ3n) is 4.10. The lowest BCUT2D eigenvalue weighted by atomic mass is 9.95. The highest BCUT2D eigenvalue weighted by Crippen LogP contribution is 2.33. The van der Waals surface area contributed by atoms with Crippen LogP contribution in [0.3, 0.4) is 0 Å². The highest BCUT2D eigenvalue weighted by atomic mass is 16.4. The van der Waals surface area contributed by atoms with Crippen molar-refractivity contribution in [2.75, 3.05) is 18.9 Å². The fourth-order valence-corrected chi connectivity index (χ4v) is 2.34. The summed E-state index contributed by atoms with van der Waals surface area (Å²) < 4.78 is 0. The number of aliphatic carboxylic acids is 1. The molecule has 0 saturated heterocycles. The molecule has 1 aromatic carbocycles. The van der Waals surface area contributed by atoms with Crippen molar-refractivity contribution in [3.8, 4) is 0 Å². The molecule has 0 bridgehead atoms. The first-order valence-corrected chi connectivity index (χ1v) is 6.67. The molecule has 1 aliphatic rings. The molecular formula is C15H20N2O3. The molecule has 1 unspecified atom stereocenters. The Kier molecular flexibility index (Phi) is 3.70. The van der Waals surface area contributed by atoms with Crippen LogP contribution in [0.1, 0.15) is 31.7 Å². The first kappa shape index (κ1) is 14.4. The standard InChI is InChI=1S/C15H20N2O3/c1-15(2,14(19)20)17(3)13(18)8-10-9-16-12-7-5-4-6-11(10)12/h4-7,10,16H,8-9H2,1-3H3,(H,19,20). The van der Waals surface area contributed by atoms with Gasteiger partial charge in [0, 0.05) is 31.6 Å². The van der Waals surface area contributed by atoms with Crippen LogP contribution in [0, 0.1) is 0 Å². The number of benzene rings is 1. The van der Waals surface area contributed by atoms with E-state index in [0.29, 0.717) is 13.0 Å². The summed E-state index contributed by atoms with van der Waals surface area (Å²) >= 11 is 0. The number of carbonyl (C=O) groups is 2. The second-order valence-corrected chi connectivity index (χ2v) is 5.69. The van der Waals surface area contributed by atoms with Crippen molar-refractivity contribution < 1.29 is 14.7 Å². The van der Waals surface area contributed by atoms with Crippen LogP contribution in [-0.4, -0.2) is 41.0 Å². The summed E-state index contributed by atoms with van der Waals surface area (Å²) in [5.74, 6) is -1.05. The fraction of sp³-hybridized carbons (Fsp3) is 0.467. The lowest BCUT2D eigenvalue weighted by molar-refractivity contribution is -0.155. The molecule has 1 aliphatic heterocycles. The number of carboxylic acids is 1. The van der Waals surface area contributed by atoms with Crippen LogP contribution in [0.2, 0.25) is 0 Å². The maximum atomic E-state index is 12.3. The summed E-state index contributed by atoms with van der Waals surface area (Å²) in [5.41, 5.74) is 0.996. The minimum atomic E-state index is -1.19. The van der Waals surface area contributed by atoms with Crippen LogP contribution < -0.4 is 5.32 Å². The molecule has 1 amide bonds. The molecule has 5 nitrogen and oxygen atoms in total. The van der Waals surface area contributed by atoms with Gasteiger partial charge in [-0.05, 0) is 25.5 Å². The summed E-state index contributed by atoms with van der Waals surface area (Å²) in [6.07, 6.45) is 0.317. The Balaban J connectivity index is 2.09. The molecule has 0 aliphatic carbocycles. The molecule has 0 spiro atoms. The van der Waals surface area contributed by atoms with E-state index in [-0.39, 0.29) is 11.8 Å². The van der Waals surface area contributed by atoms with Crippen LogP contribution in [0.4, 0.5) is 5.69 Å². The third-order valence-corrected chi connectivity index (χ3v) is 4.10. The topological polar surface area (TPSA) is 69.6 Å². The van der Waals surface area contributed by atoms with E-state index in [1.807, 2.05) is 24.3 Å². The van der Waals surface area contributed by atoms with Gasteiger partial charge in [0.15, 0.2) is 0 Å². The van der Waals surface area contributed by atoms with Gasteiger partial charge in [-0.15, -0.1) is 0 Å². The number of rotatable bonds is 4. The zero-order valence-electron chi connectivity index (χ0n) is 12.0. The average molecular weight is 276 g/mol. The summed E-state index contributed by atoms with van der Waals surface area (Å²) in [6, 6.07) is 7.91. The van der Waals surface area contributed by atoms with E-state index in [2.05, 4.69) is 5.32 Å². The van der Waals surface area contributed by atoms with E-state index >= 15 is 0 Å². The van der Waals surface area contributed by atoms with E-state index in [0.717, 1.165) is 11.3 Å². The van der Waals surface area contributed by atoms with Crippen molar-refractivity contribution >= 4 is 17.6 Å². The Morgan fingerprint density at radius 3 is 2.70 bits per heavy atom. The van der Waals surface area contributed by atoms with Gasteiger partial charge >= 0.3 is 5.97 Å². The third kappa shape index (κ3) is 2.48. The summed E-state index contributed by atoms with van der Waals surface area (Å²) in [7, 11) is 1.55. The van der Waals surface area contributed by atoms with E-state index in [1.165, 1.54) is 18.7 Å². The van der Waals surface area contributed by atoms with Gasteiger partial charge in [-0.2, -0.15) is 0 Å². The van der Waals surface area contributed by atoms with Crippen LogP contribution in [0.25, 0.3) is 0 Å². The molecule has 2 N–H and O–H groups in total. The number of hydrogen-bond acceptors (Lipinski definition) is 3. The minimum Gasteiger partial charge on any atom is -0.480 e. The highest BCUT2D eigenvalue weighted by molar-refractivity contribution is 5.86. The van der Waals surface area contributed by atoms with Gasteiger partial charge in [-0.25, -0.2) is 4.79 Å². The average Bonchev–Trinajstić information content (AvgIpc) is 2.81. The zero-order chi connectivity index (χ0) is 14.9. The lowest BCUT2D eigenvalue weighted by Crippen LogP contribution is -2.51. The van der Waals surface area contributed by atoms with Crippen molar-refractivity contribution in [1.82, 2.24) is 4.90 Å². The van der Waals surface area contributed by atoms with Crippen molar-refractivity contribution in [2.24, 2.45) is 0 Å². The van der Waals surface area contributed by atoms with Crippen LogP contribution in [0.15, 0.2) is 24.3 Å². The van der Waals surface area contributed by atoms with Crippen molar-refractivity contribution in [3.05, 3.63) is 29.8 Å². The molecular weight excluding hydrogens is 256 g/mol. The Bertz CT molecular complexity index is 540. The first-order chi connectivity index (χ1) is 9.34. The van der Waals surface area contributed by atoms with E-state index in [4.69, 9.17) is 0 Å². The second-order valence-electron chi connectivity index (χ2n) is 5.69. The molecule has 0 radical (unpaired) electrons. The van der Waals surface area contributed by atoms with E-state index in [1.54, 1.807) is 7.05 Å². The summed E-state index contributed by atoms with van der Waals surface area (Å²) in [4.78, 5) is 24.8. The van der Waals surface area contributed by atoms with Gasteiger partial charge in [0.25, 0.3) is 0 Å². The van der Waals surface area contributed by atoms with Gasteiger partial charge in [0.1, 0.15) is 5.54 Å². The number of nitrogens with zero attached hydrogens (tertiary/aromatic N) is 1. The first-order valence-electron chi connectivity index (χ1n) is 6.67. The summed E-state index contributed by atoms with van der Waals surface area (Å²) in [6.45, 7) is 3.79. The van der Waals surface area contributed by atoms with Gasteiger partial charge in [-0.1, -0.05) is 18.2 Å². The molecule has 0 saturated carbocycles. The number of fused-ring (bicyclic) bond motifs is 1. The molecule has 1 atom stereocenters. The van der Waals surface area contributed by atoms with Crippen molar-refractivity contribution in [3.63, 3.8) is 0 Å². The minimum absolute atomic E-state index is 0.103. The number of carboxylic acid groups (broad SMARTS) is 1. The number of anilines is 1. The zero-order valence-corrected chi connectivity index (χ0v) is 12.0. The van der Waals surface area contributed by atoms with Gasteiger partial charge in [0.05, 0.1) is 0 Å². The number of para-hydroxylation sites is 1. The number of amides is 1. The number of hydrogen-bond donors (Lipinski definition) is 2. The number of nitrogens with one attached hydrogen (secondary N) is 1. The van der Waals surface area contributed by atoms with Crippen LogP contribution >= 0.6 is 0 Å². The Morgan fingerprint density at radius 1 is 1.40 bits per heavy atom. The highest BCUT2D eigenvalue weighted by Gasteiger charge is 2.36. The Hall–Kier alpha value is -2.04. The van der Waals surface area contributed by atoms with Gasteiger partial charge in [0.2, 0.25) is 5.91 Å². The molecule has 1 aromatic rings. The Morgan fingerprint density at radius 2 is 2.05 bits per heavy atom. The molecule has 0 fully saturated rings. The Labute approximate surface area is 118 Å². The predicted molar refractivity (Wildman–Crippen MR) is 76.8 cm³/mol.